The summed E-state index contributed by atoms with van der Waals surface area (Å²) >= 11 is 0. The molecule has 1 atom stereocenters. The van der Waals surface area contributed by atoms with Crippen molar-refractivity contribution in [2.45, 2.75) is 12.6 Å². The number of benzene rings is 4. The second-order valence-electron chi connectivity index (χ2n) is 7.87. The van der Waals surface area contributed by atoms with Gasteiger partial charge in [-0.3, -0.25) is 10.2 Å². The number of halogens is 1. The first-order valence-corrected chi connectivity index (χ1v) is 10.9. The third kappa shape index (κ3) is 6.40. The Kier molecular flexibility index (Phi) is 8.48. The second kappa shape index (κ2) is 11.7. The first kappa shape index (κ1) is 25.3. The number of carbonyl (C=O) groups is 1. The van der Waals surface area contributed by atoms with Crippen molar-refractivity contribution in [1.82, 2.24) is 0 Å². The number of nitrogen functional groups attached to an aromatic ring is 1. The highest BCUT2D eigenvalue weighted by Crippen LogP contribution is 2.32. The lowest BCUT2D eigenvalue weighted by Crippen LogP contribution is -2.37. The number of rotatable bonds is 9. The van der Waals surface area contributed by atoms with Gasteiger partial charge < -0.3 is 21.1 Å². The average molecular weight is 487 g/mol. The molecule has 35 heavy (non-hydrogen) atoms. The smallest absolute Gasteiger partial charge is 0.244 e. The van der Waals surface area contributed by atoms with Crippen LogP contribution in [0, 0.1) is 5.41 Å². The number of ether oxygens (including phenoxy) is 1. The fourth-order valence-electron chi connectivity index (χ4n) is 3.81. The molecule has 0 fully saturated rings. The second-order valence-corrected chi connectivity index (χ2v) is 7.87. The monoisotopic (exact) mass is 486 g/mol. The summed E-state index contributed by atoms with van der Waals surface area (Å²) in [5, 5.41) is 7.67. The highest BCUT2D eigenvalue weighted by Gasteiger charge is 2.27. The zero-order valence-corrected chi connectivity index (χ0v) is 19.8. The van der Waals surface area contributed by atoms with E-state index >= 15 is 0 Å². The Morgan fingerprint density at radius 1 is 0.800 bits per heavy atom. The van der Waals surface area contributed by atoms with E-state index in [1.165, 1.54) is 0 Å². The van der Waals surface area contributed by atoms with E-state index in [4.69, 9.17) is 21.6 Å². The van der Waals surface area contributed by atoms with Crippen LogP contribution in [0.3, 0.4) is 0 Å². The van der Waals surface area contributed by atoms with Crippen molar-refractivity contribution in [1.29, 1.82) is 5.41 Å². The molecule has 0 radical (unpaired) electrons. The van der Waals surface area contributed by atoms with Gasteiger partial charge in [-0.15, -0.1) is 12.4 Å². The van der Waals surface area contributed by atoms with Crippen molar-refractivity contribution < 1.29 is 9.53 Å². The molecule has 0 aliphatic heterocycles. The highest BCUT2D eigenvalue weighted by atomic mass is 35.5. The molecule has 1 unspecified atom stereocenters. The van der Waals surface area contributed by atoms with Gasteiger partial charge in [0.1, 0.15) is 23.4 Å². The summed E-state index contributed by atoms with van der Waals surface area (Å²) in [7, 11) is 0. The van der Waals surface area contributed by atoms with Crippen molar-refractivity contribution in [2.75, 3.05) is 4.90 Å². The number of primary amides is 1. The number of hydrogen-bond donors (Lipinski definition) is 3. The average Bonchev–Trinajstić information content (AvgIpc) is 2.85. The molecule has 4 rings (SSSR count). The van der Waals surface area contributed by atoms with Crippen LogP contribution in [0.5, 0.6) is 11.5 Å². The molecule has 0 spiro atoms. The van der Waals surface area contributed by atoms with Crippen molar-refractivity contribution in [2.24, 2.45) is 11.5 Å². The number of nitrogens with zero attached hydrogens (tertiary/aromatic N) is 1. The predicted molar refractivity (Wildman–Crippen MR) is 142 cm³/mol. The van der Waals surface area contributed by atoms with Crippen LogP contribution in [0.1, 0.15) is 22.7 Å². The van der Waals surface area contributed by atoms with Crippen LogP contribution >= 0.6 is 12.4 Å². The number of carbonyl (C=O) groups excluding carboxylic acids is 1. The molecule has 1 amide bonds. The minimum atomic E-state index is -0.747. The van der Waals surface area contributed by atoms with E-state index in [1.54, 1.807) is 12.1 Å². The third-order valence-corrected chi connectivity index (χ3v) is 5.44. The number of amides is 1. The lowest BCUT2D eigenvalue weighted by molar-refractivity contribution is -0.119. The van der Waals surface area contributed by atoms with Gasteiger partial charge in [-0.05, 0) is 59.7 Å². The Labute approximate surface area is 211 Å². The number of amidine groups is 1. The summed E-state index contributed by atoms with van der Waals surface area (Å²) in [6.07, 6.45) is 0. The SMILES string of the molecule is Cl.N=C(N)c1ccc(N(Cc2ccccc2)C(C(N)=O)c2cccc(Oc3ccccc3)c2)cc1. The fraction of sp³-hybridized carbons (Fsp3) is 0.0714. The van der Waals surface area contributed by atoms with Crippen molar-refractivity contribution in [3.63, 3.8) is 0 Å². The van der Waals surface area contributed by atoms with Crippen LogP contribution in [0.4, 0.5) is 5.69 Å². The molecule has 0 aromatic heterocycles. The minimum Gasteiger partial charge on any atom is -0.457 e. The Morgan fingerprint density at radius 2 is 1.40 bits per heavy atom. The van der Waals surface area contributed by atoms with Gasteiger partial charge in [0, 0.05) is 17.8 Å². The molecule has 4 aromatic rings. The molecule has 178 valence electrons. The molecular formula is C28H27ClN4O2. The summed E-state index contributed by atoms with van der Waals surface area (Å²) in [5.41, 5.74) is 14.7. The van der Waals surface area contributed by atoms with Gasteiger partial charge in [0.05, 0.1) is 0 Å². The molecule has 6 nitrogen and oxygen atoms in total. The van der Waals surface area contributed by atoms with Crippen LogP contribution in [-0.4, -0.2) is 11.7 Å². The standard InChI is InChI=1S/C28H26N4O2.ClH/c29-27(30)21-14-16-23(17-15-21)32(19-20-8-3-1-4-9-20)26(28(31)33)22-10-7-13-25(18-22)34-24-11-5-2-6-12-24;/h1-18,26H,19H2,(H3,29,30)(H2,31,33);1H. The maximum Gasteiger partial charge on any atom is 0.244 e. The molecule has 5 N–H and O–H groups in total. The Hall–Kier alpha value is -4.29. The zero-order valence-electron chi connectivity index (χ0n) is 19.0. The van der Waals surface area contributed by atoms with E-state index in [1.807, 2.05) is 102 Å². The number of nitrogens with two attached hydrogens (primary N) is 2. The maximum absolute atomic E-state index is 12.8. The summed E-state index contributed by atoms with van der Waals surface area (Å²) in [5.74, 6) is 0.819. The number of hydrogen-bond acceptors (Lipinski definition) is 4. The molecule has 0 saturated heterocycles. The quantitative estimate of drug-likeness (QED) is 0.217. The Balaban J connectivity index is 0.00000342. The highest BCUT2D eigenvalue weighted by molar-refractivity contribution is 5.95. The van der Waals surface area contributed by atoms with Gasteiger partial charge in [-0.1, -0.05) is 60.7 Å². The summed E-state index contributed by atoms with van der Waals surface area (Å²) in [6.45, 7) is 0.456. The molecule has 7 heteroatoms. The molecule has 0 heterocycles. The van der Waals surface area contributed by atoms with Crippen molar-refractivity contribution in [3.05, 3.63) is 126 Å². The van der Waals surface area contributed by atoms with E-state index in [0.717, 1.165) is 11.3 Å². The largest absolute Gasteiger partial charge is 0.457 e. The number of nitrogens with one attached hydrogen (secondary N) is 1. The predicted octanol–water partition coefficient (Wildman–Crippen LogP) is 5.42. The first-order chi connectivity index (χ1) is 16.5. The fourth-order valence-corrected chi connectivity index (χ4v) is 3.81. The van der Waals surface area contributed by atoms with Gasteiger partial charge in [0.15, 0.2) is 0 Å². The zero-order chi connectivity index (χ0) is 23.9. The van der Waals surface area contributed by atoms with Crippen LogP contribution in [0.15, 0.2) is 109 Å². The van der Waals surface area contributed by atoms with Gasteiger partial charge in [0.2, 0.25) is 5.91 Å². The van der Waals surface area contributed by atoms with Crippen molar-refractivity contribution in [3.8, 4) is 11.5 Å². The van der Waals surface area contributed by atoms with Crippen molar-refractivity contribution >= 4 is 29.8 Å². The molecule has 0 saturated carbocycles. The van der Waals surface area contributed by atoms with Gasteiger partial charge >= 0.3 is 0 Å². The lowest BCUT2D eigenvalue weighted by atomic mass is 10.0. The van der Waals surface area contributed by atoms with E-state index in [9.17, 15) is 4.79 Å². The Bertz CT molecular complexity index is 1270. The van der Waals surface area contributed by atoms with Gasteiger partial charge in [-0.25, -0.2) is 0 Å². The van der Waals surface area contributed by atoms with E-state index in [0.29, 0.717) is 29.2 Å². The third-order valence-electron chi connectivity index (χ3n) is 5.44. The topological polar surface area (TPSA) is 105 Å². The number of para-hydroxylation sites is 1. The summed E-state index contributed by atoms with van der Waals surface area (Å²) in [6, 6.07) is 33.2. The van der Waals surface area contributed by atoms with E-state index in [-0.39, 0.29) is 18.2 Å². The van der Waals surface area contributed by atoms with Crippen LogP contribution in [0.2, 0.25) is 0 Å². The molecule has 0 aliphatic rings. The Morgan fingerprint density at radius 3 is 2.00 bits per heavy atom. The maximum atomic E-state index is 12.8. The molecule has 0 aliphatic carbocycles. The van der Waals surface area contributed by atoms with E-state index < -0.39 is 11.9 Å². The molecule has 4 aromatic carbocycles. The lowest BCUT2D eigenvalue weighted by Gasteiger charge is -2.32. The first-order valence-electron chi connectivity index (χ1n) is 10.9. The van der Waals surface area contributed by atoms with Crippen LogP contribution < -0.4 is 21.1 Å². The summed E-state index contributed by atoms with van der Waals surface area (Å²) < 4.78 is 5.99. The van der Waals surface area contributed by atoms with Gasteiger partial charge in [0.25, 0.3) is 0 Å². The van der Waals surface area contributed by atoms with Gasteiger partial charge in [-0.2, -0.15) is 0 Å². The van der Waals surface area contributed by atoms with E-state index in [2.05, 4.69) is 0 Å². The van der Waals surface area contributed by atoms with Crippen LogP contribution in [-0.2, 0) is 11.3 Å². The minimum absolute atomic E-state index is 0. The van der Waals surface area contributed by atoms with Crippen LogP contribution in [0.25, 0.3) is 0 Å². The molecular weight excluding hydrogens is 460 g/mol. The normalized spacial score (nSPS) is 11.1. The number of anilines is 1. The molecule has 0 bridgehead atoms. The summed E-state index contributed by atoms with van der Waals surface area (Å²) in [4.78, 5) is 14.8.